The number of nitro benzene ring substituents is 1. The van der Waals surface area contributed by atoms with E-state index in [0.29, 0.717) is 12.2 Å². The van der Waals surface area contributed by atoms with Crippen LogP contribution in [0.15, 0.2) is 48.6 Å². The highest BCUT2D eigenvalue weighted by Gasteiger charge is 2.17. The van der Waals surface area contributed by atoms with Crippen LogP contribution in [-0.2, 0) is 19.1 Å². The molecule has 1 rings (SSSR count). The number of allylic oxidation sites excluding steroid dienone is 2. The Balaban J connectivity index is 2.56. The van der Waals surface area contributed by atoms with Gasteiger partial charge >= 0.3 is 11.9 Å². The minimum atomic E-state index is -0.648. The van der Waals surface area contributed by atoms with E-state index in [2.05, 4.69) is 0 Å². The summed E-state index contributed by atoms with van der Waals surface area (Å²) in [6.07, 6.45) is 8.81. The second-order valence-electron chi connectivity index (χ2n) is 6.35. The maximum atomic E-state index is 12.0. The summed E-state index contributed by atoms with van der Waals surface area (Å²) in [7, 11) is 0. The lowest BCUT2D eigenvalue weighted by molar-refractivity contribution is -0.384. The van der Waals surface area contributed by atoms with E-state index in [1.165, 1.54) is 24.3 Å². The number of rotatable bonds is 14. The predicted molar refractivity (Wildman–Crippen MR) is 112 cm³/mol. The van der Waals surface area contributed by atoms with Crippen molar-refractivity contribution < 1.29 is 28.7 Å². The van der Waals surface area contributed by atoms with Crippen LogP contribution in [0.25, 0.3) is 0 Å². The Bertz CT molecular complexity index is 726. The number of ether oxygens (including phenoxy) is 3. The molecule has 30 heavy (non-hydrogen) atoms. The van der Waals surface area contributed by atoms with E-state index in [-0.39, 0.29) is 31.7 Å². The monoisotopic (exact) mass is 419 g/mol. The molecule has 0 saturated heterocycles. The molecule has 1 atom stereocenters. The van der Waals surface area contributed by atoms with Gasteiger partial charge in [0.1, 0.15) is 18.5 Å². The third kappa shape index (κ3) is 11.0. The van der Waals surface area contributed by atoms with Crippen LogP contribution in [-0.4, -0.2) is 36.2 Å². The van der Waals surface area contributed by atoms with Gasteiger partial charge in [0.05, 0.1) is 24.4 Å². The summed E-state index contributed by atoms with van der Waals surface area (Å²) in [5.41, 5.74) is -0.0293. The van der Waals surface area contributed by atoms with Gasteiger partial charge in [0.15, 0.2) is 0 Å². The molecule has 0 aliphatic carbocycles. The van der Waals surface area contributed by atoms with Crippen molar-refractivity contribution in [2.24, 2.45) is 0 Å². The lowest BCUT2D eigenvalue weighted by Crippen LogP contribution is -2.27. The summed E-state index contributed by atoms with van der Waals surface area (Å²) in [4.78, 5) is 34.0. The van der Waals surface area contributed by atoms with E-state index < -0.39 is 23.0 Å². The van der Waals surface area contributed by atoms with Crippen LogP contribution in [0.3, 0.4) is 0 Å². The summed E-state index contributed by atoms with van der Waals surface area (Å²) in [6, 6.07) is 5.68. The molecule has 0 aliphatic heterocycles. The Morgan fingerprint density at radius 3 is 2.17 bits per heavy atom. The summed E-state index contributed by atoms with van der Waals surface area (Å²) >= 11 is 0. The molecule has 1 aromatic rings. The Morgan fingerprint density at radius 1 is 1.00 bits per heavy atom. The van der Waals surface area contributed by atoms with Crippen molar-refractivity contribution >= 4 is 17.6 Å². The maximum Gasteiger partial charge on any atom is 0.310 e. The van der Waals surface area contributed by atoms with Crippen LogP contribution < -0.4 is 4.74 Å². The average molecular weight is 419 g/mol. The Morgan fingerprint density at radius 2 is 1.60 bits per heavy atom. The Kier molecular flexibility index (Phi) is 12.3. The topological polar surface area (TPSA) is 105 Å². The van der Waals surface area contributed by atoms with E-state index in [0.717, 1.165) is 12.8 Å². The molecule has 8 heteroatoms. The van der Waals surface area contributed by atoms with E-state index in [9.17, 15) is 19.7 Å². The normalized spacial score (nSPS) is 12.1. The first-order valence-corrected chi connectivity index (χ1v) is 9.98. The lowest BCUT2D eigenvalue weighted by atomic mass is 10.2. The molecule has 0 spiro atoms. The SMILES string of the molecule is CC/C=C\CC(=O)OCC(CCOc1ccc([N+](=O)[O-])cc1)OC(=O)C/C=C\CC. The highest BCUT2D eigenvalue weighted by Crippen LogP contribution is 2.17. The van der Waals surface area contributed by atoms with E-state index in [4.69, 9.17) is 14.2 Å². The van der Waals surface area contributed by atoms with Crippen molar-refractivity contribution in [3.8, 4) is 5.75 Å². The summed E-state index contributed by atoms with van der Waals surface area (Å²) in [5, 5.41) is 10.7. The summed E-state index contributed by atoms with van der Waals surface area (Å²) in [6.45, 7) is 4.06. The number of nitrogens with zero attached hydrogens (tertiary/aromatic N) is 1. The van der Waals surface area contributed by atoms with Crippen LogP contribution in [0.2, 0.25) is 0 Å². The number of carbonyl (C=O) groups is 2. The maximum absolute atomic E-state index is 12.0. The molecule has 0 saturated carbocycles. The fourth-order valence-electron chi connectivity index (χ4n) is 2.32. The Hall–Kier alpha value is -3.16. The van der Waals surface area contributed by atoms with E-state index >= 15 is 0 Å². The summed E-state index contributed by atoms with van der Waals surface area (Å²) in [5.74, 6) is -0.358. The third-order valence-electron chi connectivity index (χ3n) is 3.86. The number of esters is 2. The van der Waals surface area contributed by atoms with Gasteiger partial charge in [-0.1, -0.05) is 38.2 Å². The van der Waals surface area contributed by atoms with E-state index in [1.807, 2.05) is 26.0 Å². The highest BCUT2D eigenvalue weighted by molar-refractivity contribution is 5.72. The van der Waals surface area contributed by atoms with Crippen LogP contribution in [0.5, 0.6) is 5.75 Å². The van der Waals surface area contributed by atoms with Gasteiger partial charge in [-0.3, -0.25) is 19.7 Å². The van der Waals surface area contributed by atoms with Gasteiger partial charge in [-0.25, -0.2) is 0 Å². The molecule has 8 nitrogen and oxygen atoms in total. The molecule has 0 heterocycles. The van der Waals surface area contributed by atoms with Crippen LogP contribution in [0.1, 0.15) is 46.0 Å². The first-order valence-electron chi connectivity index (χ1n) is 9.98. The molecule has 0 aliphatic rings. The quantitative estimate of drug-likeness (QED) is 0.189. The van der Waals surface area contributed by atoms with Gasteiger partial charge < -0.3 is 14.2 Å². The highest BCUT2D eigenvalue weighted by atomic mass is 16.6. The fourth-order valence-corrected chi connectivity index (χ4v) is 2.32. The van der Waals surface area contributed by atoms with Gasteiger partial charge in [0.25, 0.3) is 5.69 Å². The summed E-state index contributed by atoms with van der Waals surface area (Å²) < 4.78 is 16.2. The molecule has 0 radical (unpaired) electrons. The predicted octanol–water partition coefficient (Wildman–Crippen LogP) is 4.53. The van der Waals surface area contributed by atoms with Crippen molar-refractivity contribution in [3.63, 3.8) is 0 Å². The molecule has 1 unspecified atom stereocenters. The average Bonchev–Trinajstić information content (AvgIpc) is 2.72. The van der Waals surface area contributed by atoms with Gasteiger partial charge in [0, 0.05) is 18.6 Å². The van der Waals surface area contributed by atoms with Gasteiger partial charge in [-0.2, -0.15) is 0 Å². The van der Waals surface area contributed by atoms with Crippen molar-refractivity contribution in [1.29, 1.82) is 0 Å². The molecule has 0 amide bonds. The molecular weight excluding hydrogens is 390 g/mol. The van der Waals surface area contributed by atoms with Crippen LogP contribution in [0, 0.1) is 10.1 Å². The van der Waals surface area contributed by atoms with Gasteiger partial charge in [0.2, 0.25) is 0 Å². The Labute approximate surface area is 176 Å². The van der Waals surface area contributed by atoms with Crippen LogP contribution in [0.4, 0.5) is 5.69 Å². The molecule has 0 bridgehead atoms. The van der Waals surface area contributed by atoms with E-state index in [1.54, 1.807) is 12.2 Å². The number of non-ortho nitro benzene ring substituents is 1. The molecule has 0 aromatic heterocycles. The van der Waals surface area contributed by atoms with Gasteiger partial charge in [-0.05, 0) is 25.0 Å². The second kappa shape index (κ2) is 14.8. The molecule has 0 fully saturated rings. The first-order chi connectivity index (χ1) is 14.5. The number of nitro groups is 1. The van der Waals surface area contributed by atoms with Crippen molar-refractivity contribution in [2.75, 3.05) is 13.2 Å². The zero-order chi connectivity index (χ0) is 22.2. The number of hydrogen-bond acceptors (Lipinski definition) is 7. The minimum Gasteiger partial charge on any atom is -0.493 e. The smallest absolute Gasteiger partial charge is 0.310 e. The second-order valence-corrected chi connectivity index (χ2v) is 6.35. The number of hydrogen-bond donors (Lipinski definition) is 0. The zero-order valence-electron chi connectivity index (χ0n) is 17.5. The van der Waals surface area contributed by atoms with Crippen molar-refractivity contribution in [1.82, 2.24) is 0 Å². The molecule has 0 N–H and O–H groups in total. The first kappa shape index (κ1) is 24.9. The van der Waals surface area contributed by atoms with Crippen molar-refractivity contribution in [2.45, 2.75) is 52.1 Å². The van der Waals surface area contributed by atoms with Crippen molar-refractivity contribution in [3.05, 3.63) is 58.7 Å². The third-order valence-corrected chi connectivity index (χ3v) is 3.86. The minimum absolute atomic E-state index is 0.0293. The molecular formula is C22H29NO7. The molecule has 164 valence electrons. The van der Waals surface area contributed by atoms with Crippen LogP contribution >= 0.6 is 0 Å². The largest absolute Gasteiger partial charge is 0.493 e. The molecule has 1 aromatic carbocycles. The lowest BCUT2D eigenvalue weighted by Gasteiger charge is -2.18. The van der Waals surface area contributed by atoms with Gasteiger partial charge in [-0.15, -0.1) is 0 Å². The standard InChI is InChI=1S/C22H29NO7/c1-3-5-7-9-21(24)29-17-20(30-22(25)10-8-6-4-2)15-16-28-19-13-11-18(12-14-19)23(26)27/h5-8,11-14,20H,3-4,9-10,15-17H2,1-2H3/b7-5-,8-6-. The fraction of sp³-hybridized carbons (Fsp3) is 0.455. The zero-order valence-corrected chi connectivity index (χ0v) is 17.5. The number of carbonyl (C=O) groups excluding carboxylic acids is 2. The number of benzene rings is 1.